The van der Waals surface area contributed by atoms with Gasteiger partial charge in [0.1, 0.15) is 12.4 Å². The SMILES string of the molecule is O=C(NO)c1ccc(COc2ccccc2C(=O)Nc2ccc(Cl)cc2)cc1. The number of ether oxygens (including phenoxy) is 1. The van der Waals surface area contributed by atoms with Crippen molar-refractivity contribution in [3.05, 3.63) is 94.5 Å². The highest BCUT2D eigenvalue weighted by Crippen LogP contribution is 2.22. The molecule has 3 aromatic carbocycles. The molecular formula is C21H17ClN2O4. The Morgan fingerprint density at radius 3 is 2.25 bits per heavy atom. The molecule has 6 nitrogen and oxygen atoms in total. The lowest BCUT2D eigenvalue weighted by molar-refractivity contribution is 0.0706. The quantitative estimate of drug-likeness (QED) is 0.428. The summed E-state index contributed by atoms with van der Waals surface area (Å²) in [4.78, 5) is 23.9. The van der Waals surface area contributed by atoms with Crippen LogP contribution in [0.4, 0.5) is 5.69 Å². The summed E-state index contributed by atoms with van der Waals surface area (Å²) in [6.45, 7) is 0.215. The van der Waals surface area contributed by atoms with Crippen molar-refractivity contribution < 1.29 is 19.5 Å². The normalized spacial score (nSPS) is 10.2. The van der Waals surface area contributed by atoms with E-state index in [1.54, 1.807) is 78.3 Å². The van der Waals surface area contributed by atoms with E-state index in [1.807, 2.05) is 0 Å². The number of para-hydroxylation sites is 1. The van der Waals surface area contributed by atoms with Gasteiger partial charge in [-0.1, -0.05) is 35.9 Å². The van der Waals surface area contributed by atoms with E-state index < -0.39 is 5.91 Å². The van der Waals surface area contributed by atoms with Crippen LogP contribution in [0.5, 0.6) is 5.75 Å². The summed E-state index contributed by atoms with van der Waals surface area (Å²) in [6, 6.07) is 20.3. The fraction of sp³-hybridized carbons (Fsp3) is 0.0476. The maximum Gasteiger partial charge on any atom is 0.274 e. The average Bonchev–Trinajstić information content (AvgIpc) is 2.74. The van der Waals surface area contributed by atoms with Crippen LogP contribution in [-0.4, -0.2) is 17.0 Å². The maximum absolute atomic E-state index is 12.6. The lowest BCUT2D eigenvalue weighted by atomic mass is 10.1. The van der Waals surface area contributed by atoms with Crippen LogP contribution in [0, 0.1) is 0 Å². The molecule has 0 aliphatic carbocycles. The molecule has 3 aromatic rings. The van der Waals surface area contributed by atoms with Gasteiger partial charge < -0.3 is 10.1 Å². The van der Waals surface area contributed by atoms with E-state index in [-0.39, 0.29) is 12.5 Å². The largest absolute Gasteiger partial charge is 0.488 e. The molecule has 142 valence electrons. The van der Waals surface area contributed by atoms with E-state index in [1.165, 1.54) is 0 Å². The molecule has 7 heteroatoms. The number of nitrogens with one attached hydrogen (secondary N) is 2. The molecule has 0 spiro atoms. The Kier molecular flexibility index (Phi) is 6.26. The highest BCUT2D eigenvalue weighted by molar-refractivity contribution is 6.30. The van der Waals surface area contributed by atoms with Crippen molar-refractivity contribution in [1.29, 1.82) is 0 Å². The second-order valence-electron chi connectivity index (χ2n) is 5.88. The van der Waals surface area contributed by atoms with E-state index in [2.05, 4.69) is 5.32 Å². The second kappa shape index (κ2) is 9.03. The van der Waals surface area contributed by atoms with Crippen LogP contribution in [0.3, 0.4) is 0 Å². The van der Waals surface area contributed by atoms with Crippen molar-refractivity contribution in [2.75, 3.05) is 5.32 Å². The molecule has 0 aromatic heterocycles. The fourth-order valence-corrected chi connectivity index (χ4v) is 2.62. The first-order valence-corrected chi connectivity index (χ1v) is 8.77. The van der Waals surface area contributed by atoms with E-state index >= 15 is 0 Å². The monoisotopic (exact) mass is 396 g/mol. The summed E-state index contributed by atoms with van der Waals surface area (Å²) in [5, 5.41) is 12.0. The fourth-order valence-electron chi connectivity index (χ4n) is 2.49. The molecule has 0 bridgehead atoms. The first kappa shape index (κ1) is 19.4. The molecule has 3 rings (SSSR count). The first-order chi connectivity index (χ1) is 13.6. The molecule has 0 aliphatic rings. The van der Waals surface area contributed by atoms with E-state index in [9.17, 15) is 9.59 Å². The molecule has 0 radical (unpaired) electrons. The zero-order valence-electron chi connectivity index (χ0n) is 14.7. The summed E-state index contributed by atoms with van der Waals surface area (Å²) in [5.41, 5.74) is 3.74. The van der Waals surface area contributed by atoms with Gasteiger partial charge in [-0.15, -0.1) is 0 Å². The van der Waals surface area contributed by atoms with Gasteiger partial charge in [-0.3, -0.25) is 14.8 Å². The van der Waals surface area contributed by atoms with Crippen LogP contribution in [-0.2, 0) is 6.61 Å². The molecular weight excluding hydrogens is 380 g/mol. The van der Waals surface area contributed by atoms with Gasteiger partial charge in [-0.25, -0.2) is 5.48 Å². The van der Waals surface area contributed by atoms with Gasteiger partial charge in [0.25, 0.3) is 11.8 Å². The van der Waals surface area contributed by atoms with Crippen LogP contribution in [0.2, 0.25) is 5.02 Å². The van der Waals surface area contributed by atoms with Crippen LogP contribution < -0.4 is 15.5 Å². The Balaban J connectivity index is 1.69. The molecule has 28 heavy (non-hydrogen) atoms. The van der Waals surface area contributed by atoms with Crippen LogP contribution >= 0.6 is 11.6 Å². The zero-order chi connectivity index (χ0) is 19.9. The van der Waals surface area contributed by atoms with Crippen molar-refractivity contribution >= 4 is 29.1 Å². The van der Waals surface area contributed by atoms with Gasteiger partial charge in [-0.2, -0.15) is 0 Å². The Bertz CT molecular complexity index is 972. The van der Waals surface area contributed by atoms with E-state index in [0.717, 1.165) is 5.56 Å². The molecule has 0 atom stereocenters. The molecule has 0 heterocycles. The van der Waals surface area contributed by atoms with Crippen LogP contribution in [0.25, 0.3) is 0 Å². The maximum atomic E-state index is 12.6. The Hall–Kier alpha value is -3.35. The molecule has 2 amide bonds. The van der Waals surface area contributed by atoms with Crippen LogP contribution in [0.1, 0.15) is 26.3 Å². The summed E-state index contributed by atoms with van der Waals surface area (Å²) < 4.78 is 5.80. The van der Waals surface area contributed by atoms with Gasteiger partial charge in [0.2, 0.25) is 0 Å². The van der Waals surface area contributed by atoms with E-state index in [4.69, 9.17) is 21.5 Å². The van der Waals surface area contributed by atoms with Crippen molar-refractivity contribution in [1.82, 2.24) is 5.48 Å². The average molecular weight is 397 g/mol. The smallest absolute Gasteiger partial charge is 0.274 e. The molecule has 0 aliphatic heterocycles. The molecule has 0 unspecified atom stereocenters. The minimum atomic E-state index is -0.586. The van der Waals surface area contributed by atoms with Crippen molar-refractivity contribution in [3.8, 4) is 5.75 Å². The minimum Gasteiger partial charge on any atom is -0.488 e. The lowest BCUT2D eigenvalue weighted by Gasteiger charge is -2.12. The Morgan fingerprint density at radius 1 is 0.893 bits per heavy atom. The topological polar surface area (TPSA) is 87.7 Å². The summed E-state index contributed by atoms with van der Waals surface area (Å²) >= 11 is 5.86. The highest BCUT2D eigenvalue weighted by atomic mass is 35.5. The molecule has 3 N–H and O–H groups in total. The molecule has 0 fully saturated rings. The van der Waals surface area contributed by atoms with Gasteiger partial charge in [0.15, 0.2) is 0 Å². The number of carbonyl (C=O) groups excluding carboxylic acids is 2. The number of benzene rings is 3. The van der Waals surface area contributed by atoms with Crippen molar-refractivity contribution in [3.63, 3.8) is 0 Å². The summed E-state index contributed by atoms with van der Waals surface area (Å²) in [6.07, 6.45) is 0. The number of halogens is 1. The van der Waals surface area contributed by atoms with Gasteiger partial charge >= 0.3 is 0 Å². The second-order valence-corrected chi connectivity index (χ2v) is 6.32. The number of carbonyl (C=O) groups is 2. The standard InChI is InChI=1S/C21H17ClN2O4/c22-16-9-11-17(12-10-16)23-21(26)18-3-1-2-4-19(18)28-13-14-5-7-15(8-6-14)20(25)24-27/h1-12,27H,13H2,(H,23,26)(H,24,25). The summed E-state index contributed by atoms with van der Waals surface area (Å²) in [5.74, 6) is -0.448. The third kappa shape index (κ3) is 4.88. The third-order valence-electron chi connectivity index (χ3n) is 3.95. The van der Waals surface area contributed by atoms with Crippen molar-refractivity contribution in [2.24, 2.45) is 0 Å². The number of anilines is 1. The van der Waals surface area contributed by atoms with Crippen molar-refractivity contribution in [2.45, 2.75) is 6.61 Å². The zero-order valence-corrected chi connectivity index (χ0v) is 15.4. The number of hydroxylamine groups is 1. The predicted molar refractivity (Wildman–Crippen MR) is 106 cm³/mol. The minimum absolute atomic E-state index is 0.215. The van der Waals surface area contributed by atoms with E-state index in [0.29, 0.717) is 27.6 Å². The third-order valence-corrected chi connectivity index (χ3v) is 4.20. The van der Waals surface area contributed by atoms with Gasteiger partial charge in [0.05, 0.1) is 5.56 Å². The number of amides is 2. The van der Waals surface area contributed by atoms with Crippen LogP contribution in [0.15, 0.2) is 72.8 Å². The molecule has 0 saturated carbocycles. The summed E-state index contributed by atoms with van der Waals surface area (Å²) in [7, 11) is 0. The van der Waals surface area contributed by atoms with Gasteiger partial charge in [-0.05, 0) is 54.1 Å². The molecule has 0 saturated heterocycles. The number of hydrogen-bond acceptors (Lipinski definition) is 4. The lowest BCUT2D eigenvalue weighted by Crippen LogP contribution is -2.18. The first-order valence-electron chi connectivity index (χ1n) is 8.39. The Morgan fingerprint density at radius 2 is 1.57 bits per heavy atom. The highest BCUT2D eigenvalue weighted by Gasteiger charge is 2.13. The number of rotatable bonds is 6. The predicted octanol–water partition coefficient (Wildman–Crippen LogP) is 4.29. The Labute approximate surface area is 166 Å². The van der Waals surface area contributed by atoms with Gasteiger partial charge in [0, 0.05) is 16.3 Å². The number of hydrogen-bond donors (Lipinski definition) is 3.